The Hall–Kier alpha value is -1.76. The minimum absolute atomic E-state index is 0.381. The van der Waals surface area contributed by atoms with E-state index in [9.17, 15) is 0 Å². The molecule has 0 spiro atoms. The van der Waals surface area contributed by atoms with Gasteiger partial charge in [-0.25, -0.2) is 0 Å². The highest BCUT2D eigenvalue weighted by molar-refractivity contribution is 5.57. The number of anilines is 1. The zero-order valence-electron chi connectivity index (χ0n) is 11.4. The molecular formula is C17H21N. The lowest BCUT2D eigenvalue weighted by Crippen LogP contribution is -2.11. The van der Waals surface area contributed by atoms with E-state index < -0.39 is 0 Å². The van der Waals surface area contributed by atoms with E-state index in [0.717, 1.165) is 6.42 Å². The molecule has 0 amide bonds. The Balaban J connectivity index is 2.26. The first-order valence-corrected chi connectivity index (χ1v) is 6.60. The third-order valence-corrected chi connectivity index (χ3v) is 3.41. The lowest BCUT2D eigenvalue weighted by Gasteiger charge is -2.21. The summed E-state index contributed by atoms with van der Waals surface area (Å²) in [6.45, 7) is 6.54. The van der Waals surface area contributed by atoms with Gasteiger partial charge in [-0.15, -0.1) is 0 Å². The van der Waals surface area contributed by atoms with Crippen molar-refractivity contribution >= 4 is 5.69 Å². The van der Waals surface area contributed by atoms with Gasteiger partial charge in [-0.3, -0.25) is 0 Å². The van der Waals surface area contributed by atoms with Crippen LogP contribution in [-0.4, -0.2) is 0 Å². The second-order valence-electron chi connectivity index (χ2n) is 4.78. The summed E-state index contributed by atoms with van der Waals surface area (Å²) in [6.07, 6.45) is 1.08. The average molecular weight is 239 g/mol. The maximum atomic E-state index is 3.68. The topological polar surface area (TPSA) is 12.0 Å². The summed E-state index contributed by atoms with van der Waals surface area (Å²) in [5, 5.41) is 3.68. The van der Waals surface area contributed by atoms with E-state index in [1.165, 1.54) is 22.4 Å². The number of benzene rings is 2. The van der Waals surface area contributed by atoms with Gasteiger partial charge >= 0.3 is 0 Å². The second kappa shape index (κ2) is 5.72. The van der Waals surface area contributed by atoms with E-state index in [0.29, 0.717) is 6.04 Å². The van der Waals surface area contributed by atoms with Crippen molar-refractivity contribution in [2.75, 3.05) is 5.32 Å². The van der Waals surface area contributed by atoms with Gasteiger partial charge in [0.15, 0.2) is 0 Å². The molecule has 0 bridgehead atoms. The number of rotatable bonds is 4. The summed E-state index contributed by atoms with van der Waals surface area (Å²) in [6, 6.07) is 17.5. The van der Waals surface area contributed by atoms with Crippen LogP contribution in [0.1, 0.15) is 36.1 Å². The Morgan fingerprint density at radius 2 is 1.50 bits per heavy atom. The van der Waals surface area contributed by atoms with Gasteiger partial charge in [-0.2, -0.15) is 0 Å². The largest absolute Gasteiger partial charge is 0.378 e. The van der Waals surface area contributed by atoms with Crippen LogP contribution in [0.4, 0.5) is 5.69 Å². The molecule has 1 atom stereocenters. The van der Waals surface area contributed by atoms with Crippen molar-refractivity contribution in [3.05, 3.63) is 65.2 Å². The first-order valence-electron chi connectivity index (χ1n) is 6.60. The van der Waals surface area contributed by atoms with Crippen LogP contribution in [0.2, 0.25) is 0 Å². The molecule has 0 aliphatic carbocycles. The van der Waals surface area contributed by atoms with Crippen LogP contribution in [-0.2, 0) is 0 Å². The number of hydrogen-bond acceptors (Lipinski definition) is 1. The molecule has 1 N–H and O–H groups in total. The summed E-state index contributed by atoms with van der Waals surface area (Å²) in [5.74, 6) is 0. The van der Waals surface area contributed by atoms with Crippen molar-refractivity contribution < 1.29 is 0 Å². The number of para-hydroxylation sites is 1. The summed E-state index contributed by atoms with van der Waals surface area (Å²) >= 11 is 0. The predicted molar refractivity (Wildman–Crippen MR) is 79.0 cm³/mol. The Morgan fingerprint density at radius 1 is 0.889 bits per heavy atom. The zero-order valence-corrected chi connectivity index (χ0v) is 11.4. The summed E-state index contributed by atoms with van der Waals surface area (Å²) in [7, 11) is 0. The fourth-order valence-corrected chi connectivity index (χ4v) is 2.32. The molecule has 0 saturated carbocycles. The highest BCUT2D eigenvalue weighted by Crippen LogP contribution is 2.27. The first-order chi connectivity index (χ1) is 8.72. The van der Waals surface area contributed by atoms with Crippen molar-refractivity contribution in [3.8, 4) is 0 Å². The maximum Gasteiger partial charge on any atom is 0.0511 e. The minimum Gasteiger partial charge on any atom is -0.378 e. The quantitative estimate of drug-likeness (QED) is 0.803. The Morgan fingerprint density at radius 3 is 2.06 bits per heavy atom. The van der Waals surface area contributed by atoms with Gasteiger partial charge in [0.1, 0.15) is 0 Å². The van der Waals surface area contributed by atoms with E-state index in [4.69, 9.17) is 0 Å². The molecule has 0 heterocycles. The maximum absolute atomic E-state index is 3.68. The molecule has 0 fully saturated rings. The van der Waals surface area contributed by atoms with Gasteiger partial charge in [0.2, 0.25) is 0 Å². The SMILES string of the molecule is CCC(Nc1c(C)cccc1C)c1ccccc1. The Bertz CT molecular complexity index is 482. The van der Waals surface area contributed by atoms with E-state index in [1.807, 2.05) is 0 Å². The fourth-order valence-electron chi connectivity index (χ4n) is 2.32. The molecular weight excluding hydrogens is 218 g/mol. The van der Waals surface area contributed by atoms with Gasteiger partial charge in [0.05, 0.1) is 6.04 Å². The zero-order chi connectivity index (χ0) is 13.0. The lowest BCUT2D eigenvalue weighted by atomic mass is 10.0. The monoisotopic (exact) mass is 239 g/mol. The van der Waals surface area contributed by atoms with Gasteiger partial charge < -0.3 is 5.32 Å². The highest BCUT2D eigenvalue weighted by Gasteiger charge is 2.10. The van der Waals surface area contributed by atoms with Crippen LogP contribution in [0.25, 0.3) is 0 Å². The highest BCUT2D eigenvalue weighted by atomic mass is 14.9. The summed E-state index contributed by atoms with van der Waals surface area (Å²) in [5.41, 5.74) is 5.24. The molecule has 2 rings (SSSR count). The molecule has 0 radical (unpaired) electrons. The van der Waals surface area contributed by atoms with E-state index in [2.05, 4.69) is 74.6 Å². The van der Waals surface area contributed by atoms with Crippen molar-refractivity contribution in [2.45, 2.75) is 33.2 Å². The normalized spacial score (nSPS) is 12.2. The third kappa shape index (κ3) is 2.73. The van der Waals surface area contributed by atoms with Gasteiger partial charge in [-0.05, 0) is 37.0 Å². The van der Waals surface area contributed by atoms with Crippen LogP contribution >= 0.6 is 0 Å². The molecule has 1 nitrogen and oxygen atoms in total. The van der Waals surface area contributed by atoms with Crippen LogP contribution in [0.5, 0.6) is 0 Å². The predicted octanol–water partition coefficient (Wildman–Crippen LogP) is 4.87. The number of nitrogens with one attached hydrogen (secondary N) is 1. The van der Waals surface area contributed by atoms with Crippen molar-refractivity contribution in [2.24, 2.45) is 0 Å². The third-order valence-electron chi connectivity index (χ3n) is 3.41. The van der Waals surface area contributed by atoms with Crippen LogP contribution in [0.3, 0.4) is 0 Å². The molecule has 2 aromatic carbocycles. The minimum atomic E-state index is 0.381. The molecule has 0 aromatic heterocycles. The van der Waals surface area contributed by atoms with Crippen LogP contribution in [0, 0.1) is 13.8 Å². The van der Waals surface area contributed by atoms with E-state index in [-0.39, 0.29) is 0 Å². The van der Waals surface area contributed by atoms with Crippen LogP contribution in [0.15, 0.2) is 48.5 Å². The smallest absolute Gasteiger partial charge is 0.0511 e. The molecule has 0 aliphatic heterocycles. The standard InChI is InChI=1S/C17H21N/c1-4-16(15-11-6-5-7-12-15)18-17-13(2)9-8-10-14(17)3/h5-12,16,18H,4H2,1-3H3. The van der Waals surface area contributed by atoms with Crippen molar-refractivity contribution in [1.29, 1.82) is 0 Å². The molecule has 0 aliphatic rings. The molecule has 2 aromatic rings. The van der Waals surface area contributed by atoms with Gasteiger partial charge in [0, 0.05) is 5.69 Å². The van der Waals surface area contributed by atoms with Crippen LogP contribution < -0.4 is 5.32 Å². The molecule has 94 valence electrons. The molecule has 1 heteroatoms. The second-order valence-corrected chi connectivity index (χ2v) is 4.78. The van der Waals surface area contributed by atoms with Gasteiger partial charge in [-0.1, -0.05) is 55.5 Å². The van der Waals surface area contributed by atoms with Crippen molar-refractivity contribution in [3.63, 3.8) is 0 Å². The van der Waals surface area contributed by atoms with E-state index >= 15 is 0 Å². The summed E-state index contributed by atoms with van der Waals surface area (Å²) < 4.78 is 0. The van der Waals surface area contributed by atoms with Crippen molar-refractivity contribution in [1.82, 2.24) is 0 Å². The lowest BCUT2D eigenvalue weighted by molar-refractivity contribution is 0.747. The number of aryl methyl sites for hydroxylation is 2. The Labute approximate surface area is 110 Å². The fraction of sp³-hybridized carbons (Fsp3) is 0.294. The van der Waals surface area contributed by atoms with Gasteiger partial charge in [0.25, 0.3) is 0 Å². The molecule has 0 saturated heterocycles. The number of hydrogen-bond donors (Lipinski definition) is 1. The average Bonchev–Trinajstić information content (AvgIpc) is 2.40. The summed E-state index contributed by atoms with van der Waals surface area (Å²) in [4.78, 5) is 0. The molecule has 18 heavy (non-hydrogen) atoms. The van der Waals surface area contributed by atoms with E-state index in [1.54, 1.807) is 0 Å². The first kappa shape index (κ1) is 12.7. The molecule has 1 unspecified atom stereocenters. The Kier molecular flexibility index (Phi) is 4.03.